The third-order valence-corrected chi connectivity index (χ3v) is 7.89. The van der Waals surface area contributed by atoms with Crippen molar-refractivity contribution in [3.8, 4) is 11.1 Å². The lowest BCUT2D eigenvalue weighted by molar-refractivity contribution is -0.118. The summed E-state index contributed by atoms with van der Waals surface area (Å²) in [4.78, 5) is 34.1. The molecule has 0 unspecified atom stereocenters. The number of carbonyl (C=O) groups is 2. The lowest BCUT2D eigenvalue weighted by atomic mass is 9.85. The Morgan fingerprint density at radius 3 is 2.50 bits per heavy atom. The van der Waals surface area contributed by atoms with Gasteiger partial charge in [-0.05, 0) is 84.3 Å². The van der Waals surface area contributed by atoms with Crippen LogP contribution in [0.1, 0.15) is 58.8 Å². The summed E-state index contributed by atoms with van der Waals surface area (Å²) in [6.07, 6.45) is 6.32. The Morgan fingerprint density at radius 1 is 0.905 bits per heavy atom. The van der Waals surface area contributed by atoms with Crippen molar-refractivity contribution >= 4 is 22.5 Å². The standard InChI is InChI=1S/C35H29F3N2O2/c36-27-8-9-33-32(19-27)26(20-40-33)17-30(41)16-25(11-22-12-28(37)18-29(38)13-22)35-31(5-2-10-39-35)23-3-1-4-24(15-23)34(42)14-21-6-7-21/h1-5,8-10,12-13,15,18-21,25,40H,6-7,11,14,16-17H2/t25-/m1/s1. The molecule has 0 aliphatic heterocycles. The maximum absolute atomic E-state index is 14.1. The van der Waals surface area contributed by atoms with E-state index in [2.05, 4.69) is 9.97 Å². The molecule has 1 N–H and O–H groups in total. The topological polar surface area (TPSA) is 62.8 Å². The second-order valence-electron chi connectivity index (χ2n) is 11.2. The second-order valence-corrected chi connectivity index (χ2v) is 11.2. The first kappa shape index (κ1) is 27.6. The summed E-state index contributed by atoms with van der Waals surface area (Å²) in [6, 6.07) is 18.8. The fourth-order valence-corrected chi connectivity index (χ4v) is 5.68. The van der Waals surface area contributed by atoms with Crippen molar-refractivity contribution < 1.29 is 22.8 Å². The first-order valence-corrected chi connectivity index (χ1v) is 14.1. The van der Waals surface area contributed by atoms with Gasteiger partial charge in [-0.2, -0.15) is 0 Å². The van der Waals surface area contributed by atoms with Crippen LogP contribution in [0.3, 0.4) is 0 Å². The monoisotopic (exact) mass is 566 g/mol. The number of Topliss-reactive ketones (excluding diaryl/α,β-unsaturated/α-hetero) is 2. The van der Waals surface area contributed by atoms with Gasteiger partial charge in [-0.1, -0.05) is 24.3 Å². The molecule has 2 heterocycles. The van der Waals surface area contributed by atoms with Crippen molar-refractivity contribution in [2.75, 3.05) is 0 Å². The Bertz CT molecular complexity index is 1770. The van der Waals surface area contributed by atoms with Gasteiger partial charge >= 0.3 is 0 Å². The van der Waals surface area contributed by atoms with E-state index in [1.54, 1.807) is 24.5 Å². The first-order valence-electron chi connectivity index (χ1n) is 14.1. The number of aromatic nitrogens is 2. The molecule has 7 heteroatoms. The highest BCUT2D eigenvalue weighted by molar-refractivity contribution is 5.97. The average Bonchev–Trinajstić information content (AvgIpc) is 3.70. The number of nitrogens with zero attached hydrogens (tertiary/aromatic N) is 1. The van der Waals surface area contributed by atoms with E-state index in [4.69, 9.17) is 0 Å². The molecule has 1 aliphatic rings. The third kappa shape index (κ3) is 6.35. The van der Waals surface area contributed by atoms with E-state index in [0.29, 0.717) is 40.1 Å². The van der Waals surface area contributed by atoms with Gasteiger partial charge in [0.2, 0.25) is 0 Å². The van der Waals surface area contributed by atoms with Crippen LogP contribution in [0.2, 0.25) is 0 Å². The van der Waals surface area contributed by atoms with Crippen LogP contribution in [0, 0.1) is 23.4 Å². The van der Waals surface area contributed by atoms with Crippen LogP contribution >= 0.6 is 0 Å². The van der Waals surface area contributed by atoms with Crippen LogP contribution in [-0.4, -0.2) is 21.5 Å². The lowest BCUT2D eigenvalue weighted by Gasteiger charge is -2.20. The molecular formula is C35H29F3N2O2. The Morgan fingerprint density at radius 2 is 1.71 bits per heavy atom. The van der Waals surface area contributed by atoms with E-state index in [9.17, 15) is 22.8 Å². The smallest absolute Gasteiger partial charge is 0.163 e. The highest BCUT2D eigenvalue weighted by atomic mass is 19.1. The molecule has 42 heavy (non-hydrogen) atoms. The van der Waals surface area contributed by atoms with Crippen molar-refractivity contribution in [3.05, 3.63) is 125 Å². The molecule has 0 bridgehead atoms. The number of H-pyrrole nitrogens is 1. The van der Waals surface area contributed by atoms with Crippen molar-refractivity contribution in [2.24, 2.45) is 5.92 Å². The van der Waals surface area contributed by atoms with Crippen LogP contribution in [0.4, 0.5) is 13.2 Å². The number of benzene rings is 3. The summed E-state index contributed by atoms with van der Waals surface area (Å²) in [5.74, 6) is -1.85. The number of aromatic amines is 1. The van der Waals surface area contributed by atoms with Crippen LogP contribution in [0.15, 0.2) is 85.2 Å². The Kier molecular flexibility index (Phi) is 7.74. The molecule has 1 atom stereocenters. The molecule has 1 saturated carbocycles. The number of fused-ring (bicyclic) bond motifs is 1. The zero-order valence-corrected chi connectivity index (χ0v) is 22.9. The first-order chi connectivity index (χ1) is 20.3. The molecule has 1 aliphatic carbocycles. The molecule has 5 aromatic rings. The zero-order valence-electron chi connectivity index (χ0n) is 22.9. The maximum Gasteiger partial charge on any atom is 0.163 e. The minimum atomic E-state index is -0.695. The van der Waals surface area contributed by atoms with Gasteiger partial charge < -0.3 is 4.98 Å². The van der Waals surface area contributed by atoms with Gasteiger partial charge in [0.05, 0.1) is 5.69 Å². The fraction of sp³-hybridized carbons (Fsp3) is 0.229. The SMILES string of the molecule is O=C(Cc1c[nH]c2ccc(F)cc12)C[C@@H](Cc1cc(F)cc(F)c1)c1ncccc1-c1cccc(C(=O)CC2CC2)c1. The molecule has 212 valence electrons. The van der Waals surface area contributed by atoms with Crippen LogP contribution in [0.25, 0.3) is 22.0 Å². The van der Waals surface area contributed by atoms with Gasteiger partial charge in [0, 0.05) is 65.7 Å². The van der Waals surface area contributed by atoms with Gasteiger partial charge in [0.1, 0.15) is 23.2 Å². The maximum atomic E-state index is 14.1. The normalized spacial score (nSPS) is 13.8. The lowest BCUT2D eigenvalue weighted by Crippen LogP contribution is -2.14. The fourth-order valence-electron chi connectivity index (χ4n) is 5.68. The molecule has 0 amide bonds. The van der Waals surface area contributed by atoms with E-state index in [0.717, 1.165) is 35.6 Å². The zero-order chi connectivity index (χ0) is 29.2. The Hall–Kier alpha value is -4.52. The second kappa shape index (κ2) is 11.8. The molecule has 2 aromatic heterocycles. The van der Waals surface area contributed by atoms with Gasteiger partial charge in [0.25, 0.3) is 0 Å². The van der Waals surface area contributed by atoms with Crippen LogP contribution in [-0.2, 0) is 17.6 Å². The molecule has 6 rings (SSSR count). The number of nitrogens with one attached hydrogen (secondary N) is 1. The molecular weight excluding hydrogens is 537 g/mol. The Balaban J connectivity index is 1.34. The third-order valence-electron chi connectivity index (χ3n) is 7.89. The summed E-state index contributed by atoms with van der Waals surface area (Å²) in [7, 11) is 0. The molecule has 0 spiro atoms. The quantitative estimate of drug-likeness (QED) is 0.164. The molecule has 4 nitrogen and oxygen atoms in total. The largest absolute Gasteiger partial charge is 0.361 e. The number of rotatable bonds is 11. The molecule has 0 radical (unpaired) electrons. The number of carbonyl (C=O) groups excluding carboxylic acids is 2. The van der Waals surface area contributed by atoms with Crippen molar-refractivity contribution in [2.45, 2.75) is 44.4 Å². The van der Waals surface area contributed by atoms with Gasteiger partial charge in [-0.25, -0.2) is 13.2 Å². The van der Waals surface area contributed by atoms with E-state index in [1.165, 1.54) is 24.3 Å². The summed E-state index contributed by atoms with van der Waals surface area (Å²) < 4.78 is 42.2. The number of pyridine rings is 1. The molecule has 3 aromatic carbocycles. The predicted molar refractivity (Wildman–Crippen MR) is 156 cm³/mol. The van der Waals surface area contributed by atoms with Crippen LogP contribution in [0.5, 0.6) is 0 Å². The highest BCUT2D eigenvalue weighted by Gasteiger charge is 2.26. The highest BCUT2D eigenvalue weighted by Crippen LogP contribution is 2.36. The minimum absolute atomic E-state index is 0.0461. The van der Waals surface area contributed by atoms with E-state index < -0.39 is 23.4 Å². The number of halogens is 3. The summed E-state index contributed by atoms with van der Waals surface area (Å²) >= 11 is 0. The Labute approximate surface area is 241 Å². The number of hydrogen-bond acceptors (Lipinski definition) is 3. The van der Waals surface area contributed by atoms with E-state index in [1.807, 2.05) is 30.3 Å². The van der Waals surface area contributed by atoms with Gasteiger partial charge in [-0.3, -0.25) is 14.6 Å². The predicted octanol–water partition coefficient (Wildman–Crippen LogP) is 8.16. The molecule has 0 saturated heterocycles. The van der Waals surface area contributed by atoms with E-state index >= 15 is 0 Å². The van der Waals surface area contributed by atoms with Gasteiger partial charge in [0.15, 0.2) is 5.78 Å². The number of hydrogen-bond donors (Lipinski definition) is 1. The van der Waals surface area contributed by atoms with Crippen molar-refractivity contribution in [3.63, 3.8) is 0 Å². The summed E-state index contributed by atoms with van der Waals surface area (Å²) in [5, 5.41) is 0.637. The van der Waals surface area contributed by atoms with Crippen LogP contribution < -0.4 is 0 Å². The van der Waals surface area contributed by atoms with Gasteiger partial charge in [-0.15, -0.1) is 0 Å². The summed E-state index contributed by atoms with van der Waals surface area (Å²) in [5.41, 5.74) is 4.58. The minimum Gasteiger partial charge on any atom is -0.361 e. The molecule has 1 fully saturated rings. The number of ketones is 2. The summed E-state index contributed by atoms with van der Waals surface area (Å²) in [6.45, 7) is 0. The van der Waals surface area contributed by atoms with Crippen molar-refractivity contribution in [1.29, 1.82) is 0 Å². The average molecular weight is 567 g/mol. The van der Waals surface area contributed by atoms with E-state index in [-0.39, 0.29) is 30.8 Å². The van der Waals surface area contributed by atoms with Crippen molar-refractivity contribution in [1.82, 2.24) is 9.97 Å².